The van der Waals surface area contributed by atoms with Gasteiger partial charge in [0.15, 0.2) is 6.29 Å². The van der Waals surface area contributed by atoms with E-state index >= 15 is 0 Å². The van der Waals surface area contributed by atoms with E-state index in [1.54, 1.807) is 0 Å². The summed E-state index contributed by atoms with van der Waals surface area (Å²) < 4.78 is 4.83. The van der Waals surface area contributed by atoms with Gasteiger partial charge in [-0.3, -0.25) is 0 Å². The van der Waals surface area contributed by atoms with E-state index in [-0.39, 0.29) is 12.0 Å². The van der Waals surface area contributed by atoms with Gasteiger partial charge < -0.3 is 20.3 Å². The van der Waals surface area contributed by atoms with E-state index in [4.69, 9.17) is 14.9 Å². The third-order valence-electron chi connectivity index (χ3n) is 2.64. The third-order valence-corrected chi connectivity index (χ3v) is 2.64. The molecule has 4 heteroatoms. The Balaban J connectivity index is 0.000000288. The van der Waals surface area contributed by atoms with Gasteiger partial charge in [0.2, 0.25) is 0 Å². The Morgan fingerprint density at radius 3 is 2.38 bits per heavy atom. The molecule has 0 radical (unpaired) electrons. The highest BCUT2D eigenvalue weighted by molar-refractivity contribution is 4.66. The Bertz CT molecular complexity index is 156. The monoisotopic (exact) mass is 233 g/mol. The van der Waals surface area contributed by atoms with Crippen LogP contribution in [0.3, 0.4) is 0 Å². The standard InChI is InChI=1S/C7H17NO.C5H10O2/c1-7(2,6-9)4-5-8-3;6-5-3-1-2-4-7-5/h8-9H,4-6H2,1-3H3;5-6H,1-4H2. The number of nitrogens with one attached hydrogen (secondary N) is 1. The predicted octanol–water partition coefficient (Wildman–Crippen LogP) is 1.12. The van der Waals surface area contributed by atoms with Crippen molar-refractivity contribution in [2.24, 2.45) is 5.41 Å². The van der Waals surface area contributed by atoms with Gasteiger partial charge in [-0.1, -0.05) is 13.8 Å². The summed E-state index contributed by atoms with van der Waals surface area (Å²) >= 11 is 0. The van der Waals surface area contributed by atoms with E-state index in [0.29, 0.717) is 0 Å². The first-order chi connectivity index (χ1) is 7.52. The summed E-state index contributed by atoms with van der Waals surface area (Å²) in [5, 5.41) is 20.5. The zero-order valence-corrected chi connectivity index (χ0v) is 10.8. The van der Waals surface area contributed by atoms with Crippen molar-refractivity contribution < 1.29 is 14.9 Å². The second-order valence-corrected chi connectivity index (χ2v) is 5.00. The summed E-state index contributed by atoms with van der Waals surface area (Å²) in [6, 6.07) is 0. The summed E-state index contributed by atoms with van der Waals surface area (Å²) in [5.74, 6) is 0. The molecule has 1 unspecified atom stereocenters. The van der Waals surface area contributed by atoms with Crippen molar-refractivity contribution in [3.05, 3.63) is 0 Å². The molecule has 0 amide bonds. The molecule has 1 aliphatic heterocycles. The van der Waals surface area contributed by atoms with Gasteiger partial charge >= 0.3 is 0 Å². The molecule has 1 saturated heterocycles. The van der Waals surface area contributed by atoms with Crippen molar-refractivity contribution in [3.8, 4) is 0 Å². The van der Waals surface area contributed by atoms with Crippen LogP contribution >= 0.6 is 0 Å². The molecule has 1 atom stereocenters. The normalized spacial score (nSPS) is 21.2. The Morgan fingerprint density at radius 1 is 1.38 bits per heavy atom. The third kappa shape index (κ3) is 9.09. The molecule has 0 aromatic carbocycles. The van der Waals surface area contributed by atoms with E-state index < -0.39 is 6.29 Å². The van der Waals surface area contributed by atoms with Crippen molar-refractivity contribution in [2.45, 2.75) is 45.8 Å². The predicted molar refractivity (Wildman–Crippen MR) is 65.2 cm³/mol. The quantitative estimate of drug-likeness (QED) is 0.681. The summed E-state index contributed by atoms with van der Waals surface area (Å²) in [6.45, 7) is 6.11. The smallest absolute Gasteiger partial charge is 0.154 e. The number of hydrogen-bond acceptors (Lipinski definition) is 4. The number of ether oxygens (including phenoxy) is 1. The van der Waals surface area contributed by atoms with Gasteiger partial charge in [0.25, 0.3) is 0 Å². The molecule has 1 heterocycles. The number of aliphatic hydroxyl groups excluding tert-OH is 2. The van der Waals surface area contributed by atoms with Gasteiger partial charge in [-0.25, -0.2) is 0 Å². The lowest BCUT2D eigenvalue weighted by Crippen LogP contribution is -2.22. The minimum absolute atomic E-state index is 0.0863. The summed E-state index contributed by atoms with van der Waals surface area (Å²) in [5.41, 5.74) is 0.0863. The number of hydrogen-bond donors (Lipinski definition) is 3. The number of aliphatic hydroxyl groups is 2. The summed E-state index contributed by atoms with van der Waals surface area (Å²) in [6.07, 6.45) is 3.60. The van der Waals surface area contributed by atoms with Crippen molar-refractivity contribution >= 4 is 0 Å². The highest BCUT2D eigenvalue weighted by Crippen LogP contribution is 2.17. The van der Waals surface area contributed by atoms with E-state index in [1.807, 2.05) is 7.05 Å². The van der Waals surface area contributed by atoms with E-state index in [1.165, 1.54) is 0 Å². The van der Waals surface area contributed by atoms with Crippen LogP contribution in [0.2, 0.25) is 0 Å². The first-order valence-electron chi connectivity index (χ1n) is 6.07. The zero-order valence-electron chi connectivity index (χ0n) is 10.8. The van der Waals surface area contributed by atoms with Gasteiger partial charge in [-0.15, -0.1) is 0 Å². The van der Waals surface area contributed by atoms with Gasteiger partial charge in [-0.05, 0) is 44.7 Å². The minimum Gasteiger partial charge on any atom is -0.396 e. The molecule has 1 rings (SSSR count). The molecule has 1 fully saturated rings. The van der Waals surface area contributed by atoms with Crippen LogP contribution < -0.4 is 5.32 Å². The van der Waals surface area contributed by atoms with Crippen LogP contribution in [0.5, 0.6) is 0 Å². The zero-order chi connectivity index (χ0) is 12.4. The molecule has 98 valence electrons. The lowest BCUT2D eigenvalue weighted by atomic mass is 9.91. The summed E-state index contributed by atoms with van der Waals surface area (Å²) in [7, 11) is 1.92. The van der Waals surface area contributed by atoms with Crippen molar-refractivity contribution in [1.82, 2.24) is 5.32 Å². The molecular formula is C12H27NO3. The van der Waals surface area contributed by atoms with E-state index in [2.05, 4.69) is 19.2 Å². The summed E-state index contributed by atoms with van der Waals surface area (Å²) in [4.78, 5) is 0. The fourth-order valence-corrected chi connectivity index (χ4v) is 1.27. The number of rotatable bonds is 4. The molecule has 3 N–H and O–H groups in total. The van der Waals surface area contributed by atoms with Crippen LogP contribution in [0.25, 0.3) is 0 Å². The fraction of sp³-hybridized carbons (Fsp3) is 1.00. The molecule has 0 spiro atoms. The first-order valence-corrected chi connectivity index (χ1v) is 6.07. The molecule has 16 heavy (non-hydrogen) atoms. The molecule has 0 aromatic rings. The van der Waals surface area contributed by atoms with Crippen LogP contribution in [0, 0.1) is 5.41 Å². The van der Waals surface area contributed by atoms with Crippen LogP contribution in [0.4, 0.5) is 0 Å². The molecular weight excluding hydrogens is 206 g/mol. The Morgan fingerprint density at radius 2 is 2.06 bits per heavy atom. The maximum absolute atomic E-state index is 8.79. The topological polar surface area (TPSA) is 61.7 Å². The fourth-order valence-electron chi connectivity index (χ4n) is 1.27. The Kier molecular flexibility index (Phi) is 8.84. The lowest BCUT2D eigenvalue weighted by Gasteiger charge is -2.20. The van der Waals surface area contributed by atoms with Gasteiger partial charge in [0.05, 0.1) is 0 Å². The molecule has 0 aromatic heterocycles. The second-order valence-electron chi connectivity index (χ2n) is 5.00. The Hall–Kier alpha value is -0.160. The maximum Gasteiger partial charge on any atom is 0.154 e. The van der Waals surface area contributed by atoms with Crippen molar-refractivity contribution in [1.29, 1.82) is 0 Å². The lowest BCUT2D eigenvalue weighted by molar-refractivity contribution is -0.123. The van der Waals surface area contributed by atoms with Crippen LogP contribution in [0.1, 0.15) is 39.5 Å². The van der Waals surface area contributed by atoms with Gasteiger partial charge in [-0.2, -0.15) is 0 Å². The van der Waals surface area contributed by atoms with Crippen LogP contribution in [-0.4, -0.2) is 43.3 Å². The van der Waals surface area contributed by atoms with Crippen molar-refractivity contribution in [3.63, 3.8) is 0 Å². The highest BCUT2D eigenvalue weighted by atomic mass is 16.6. The Labute approximate surface area is 99.0 Å². The molecule has 0 bridgehead atoms. The maximum atomic E-state index is 8.79. The minimum atomic E-state index is -0.464. The largest absolute Gasteiger partial charge is 0.396 e. The van der Waals surface area contributed by atoms with Crippen LogP contribution in [-0.2, 0) is 4.74 Å². The molecule has 4 nitrogen and oxygen atoms in total. The first kappa shape index (κ1) is 15.8. The molecule has 0 aliphatic carbocycles. The van der Waals surface area contributed by atoms with Gasteiger partial charge in [0, 0.05) is 13.2 Å². The second kappa shape index (κ2) is 8.93. The average molecular weight is 233 g/mol. The SMILES string of the molecule is CNCCC(C)(C)CO.OC1CCCCO1. The van der Waals surface area contributed by atoms with Crippen molar-refractivity contribution in [2.75, 3.05) is 26.8 Å². The average Bonchev–Trinajstić information content (AvgIpc) is 2.28. The molecule has 1 aliphatic rings. The van der Waals surface area contributed by atoms with Crippen LogP contribution in [0.15, 0.2) is 0 Å². The van der Waals surface area contributed by atoms with Gasteiger partial charge in [0.1, 0.15) is 0 Å². The van der Waals surface area contributed by atoms with E-state index in [9.17, 15) is 0 Å². The van der Waals surface area contributed by atoms with E-state index in [0.717, 1.165) is 38.8 Å². The molecule has 0 saturated carbocycles. The highest BCUT2D eigenvalue weighted by Gasteiger charge is 2.14.